The van der Waals surface area contributed by atoms with Gasteiger partial charge in [0.25, 0.3) is 0 Å². The van der Waals surface area contributed by atoms with Gasteiger partial charge in [0.2, 0.25) is 0 Å². The standard InChI is InChI=1S/C21H26O4/c1-4-16(18-8-5-9-19(22)12-18)11-15(2)17-7-6-10-20(13-17)25-14-21(23)24-3/h5-10,12-13,15-16,22H,4,11,14H2,1-3H3. The number of carbonyl (C=O) groups is 1. The van der Waals surface area contributed by atoms with Gasteiger partial charge in [-0.3, -0.25) is 0 Å². The van der Waals surface area contributed by atoms with E-state index in [1.165, 1.54) is 12.7 Å². The van der Waals surface area contributed by atoms with Crippen LogP contribution < -0.4 is 4.74 Å². The van der Waals surface area contributed by atoms with Gasteiger partial charge in [0.1, 0.15) is 11.5 Å². The number of methoxy groups -OCH3 is 1. The molecule has 134 valence electrons. The SMILES string of the molecule is CCC(CC(C)c1cccc(OCC(=O)OC)c1)c1cccc(O)c1. The predicted octanol–water partition coefficient (Wildman–Crippen LogP) is 4.63. The first-order valence-corrected chi connectivity index (χ1v) is 8.62. The van der Waals surface area contributed by atoms with E-state index in [1.807, 2.05) is 30.3 Å². The molecule has 0 aliphatic carbocycles. The highest BCUT2D eigenvalue weighted by atomic mass is 16.6. The molecular weight excluding hydrogens is 316 g/mol. The van der Waals surface area contributed by atoms with Crippen LogP contribution in [0.3, 0.4) is 0 Å². The Morgan fingerprint density at radius 3 is 2.52 bits per heavy atom. The first-order valence-electron chi connectivity index (χ1n) is 8.62. The monoisotopic (exact) mass is 342 g/mol. The third-order valence-electron chi connectivity index (χ3n) is 4.48. The van der Waals surface area contributed by atoms with Crippen molar-refractivity contribution < 1.29 is 19.4 Å². The number of hydrogen-bond acceptors (Lipinski definition) is 4. The minimum Gasteiger partial charge on any atom is -0.508 e. The van der Waals surface area contributed by atoms with Crippen molar-refractivity contribution in [1.82, 2.24) is 0 Å². The average Bonchev–Trinajstić information content (AvgIpc) is 2.64. The Labute approximate surface area is 149 Å². The second-order valence-corrected chi connectivity index (χ2v) is 6.27. The quantitative estimate of drug-likeness (QED) is 0.711. The summed E-state index contributed by atoms with van der Waals surface area (Å²) in [6.45, 7) is 4.26. The largest absolute Gasteiger partial charge is 0.508 e. The highest BCUT2D eigenvalue weighted by molar-refractivity contribution is 5.70. The van der Waals surface area contributed by atoms with Crippen LogP contribution in [0.2, 0.25) is 0 Å². The zero-order valence-electron chi connectivity index (χ0n) is 15.1. The molecular formula is C21H26O4. The fraction of sp³-hybridized carbons (Fsp3) is 0.381. The Kier molecular flexibility index (Phi) is 6.87. The molecule has 2 unspecified atom stereocenters. The molecule has 4 nitrogen and oxygen atoms in total. The van der Waals surface area contributed by atoms with E-state index >= 15 is 0 Å². The van der Waals surface area contributed by atoms with Gasteiger partial charge in [-0.15, -0.1) is 0 Å². The molecule has 25 heavy (non-hydrogen) atoms. The molecule has 0 spiro atoms. The van der Waals surface area contributed by atoms with Crippen molar-refractivity contribution in [3.8, 4) is 11.5 Å². The Balaban J connectivity index is 2.06. The van der Waals surface area contributed by atoms with Crippen LogP contribution in [0, 0.1) is 0 Å². The van der Waals surface area contributed by atoms with Crippen LogP contribution in [0.25, 0.3) is 0 Å². The lowest BCUT2D eigenvalue weighted by molar-refractivity contribution is -0.142. The summed E-state index contributed by atoms with van der Waals surface area (Å²) in [6.07, 6.45) is 1.98. The Morgan fingerprint density at radius 2 is 1.84 bits per heavy atom. The summed E-state index contributed by atoms with van der Waals surface area (Å²) in [5.41, 5.74) is 2.33. The fourth-order valence-electron chi connectivity index (χ4n) is 2.99. The number of phenolic OH excluding ortho intramolecular Hbond substituents is 1. The second kappa shape index (κ2) is 9.11. The number of rotatable bonds is 8. The minimum atomic E-state index is -0.395. The number of benzene rings is 2. The molecule has 0 amide bonds. The first-order chi connectivity index (χ1) is 12.0. The molecule has 0 saturated heterocycles. The molecule has 0 aromatic heterocycles. The maximum absolute atomic E-state index is 11.2. The van der Waals surface area contributed by atoms with Gasteiger partial charge < -0.3 is 14.6 Å². The molecule has 2 rings (SSSR count). The molecule has 0 bridgehead atoms. The summed E-state index contributed by atoms with van der Waals surface area (Å²) in [5.74, 6) is 1.28. The summed E-state index contributed by atoms with van der Waals surface area (Å²) < 4.78 is 10.1. The third-order valence-corrected chi connectivity index (χ3v) is 4.48. The number of phenols is 1. The molecule has 0 fully saturated rings. The molecule has 4 heteroatoms. The highest BCUT2D eigenvalue weighted by Crippen LogP contribution is 2.34. The van der Waals surface area contributed by atoms with Gasteiger partial charge in [-0.1, -0.05) is 38.1 Å². The summed E-state index contributed by atoms with van der Waals surface area (Å²) >= 11 is 0. The van der Waals surface area contributed by atoms with Gasteiger partial charge >= 0.3 is 5.97 Å². The molecule has 2 atom stereocenters. The first kappa shape index (κ1) is 18.8. The predicted molar refractivity (Wildman–Crippen MR) is 98.1 cm³/mol. The van der Waals surface area contributed by atoms with E-state index in [-0.39, 0.29) is 6.61 Å². The van der Waals surface area contributed by atoms with Crippen molar-refractivity contribution in [2.45, 2.75) is 38.5 Å². The Bertz CT molecular complexity index is 696. The van der Waals surface area contributed by atoms with E-state index in [1.54, 1.807) is 6.07 Å². The summed E-state index contributed by atoms with van der Waals surface area (Å²) in [6, 6.07) is 15.3. The van der Waals surface area contributed by atoms with Crippen molar-refractivity contribution in [3.05, 3.63) is 59.7 Å². The van der Waals surface area contributed by atoms with E-state index in [2.05, 4.69) is 30.7 Å². The van der Waals surface area contributed by atoms with Crippen molar-refractivity contribution in [2.24, 2.45) is 0 Å². The lowest BCUT2D eigenvalue weighted by Crippen LogP contribution is -2.12. The van der Waals surface area contributed by atoms with Crippen LogP contribution in [0.15, 0.2) is 48.5 Å². The second-order valence-electron chi connectivity index (χ2n) is 6.27. The molecule has 0 aliphatic rings. The molecule has 0 saturated carbocycles. The van der Waals surface area contributed by atoms with Crippen molar-refractivity contribution in [3.63, 3.8) is 0 Å². The van der Waals surface area contributed by atoms with E-state index < -0.39 is 5.97 Å². The number of ether oxygens (including phenoxy) is 2. The topological polar surface area (TPSA) is 55.8 Å². The van der Waals surface area contributed by atoms with Gasteiger partial charge in [0, 0.05) is 0 Å². The van der Waals surface area contributed by atoms with Gasteiger partial charge in [-0.05, 0) is 60.1 Å². The zero-order valence-corrected chi connectivity index (χ0v) is 15.1. The molecule has 0 heterocycles. The van der Waals surface area contributed by atoms with Crippen LogP contribution in [0.4, 0.5) is 0 Å². The molecule has 2 aromatic carbocycles. The maximum atomic E-state index is 11.2. The minimum absolute atomic E-state index is 0.0881. The lowest BCUT2D eigenvalue weighted by atomic mass is 9.84. The van der Waals surface area contributed by atoms with Crippen molar-refractivity contribution >= 4 is 5.97 Å². The van der Waals surface area contributed by atoms with Gasteiger partial charge in [0.05, 0.1) is 7.11 Å². The van der Waals surface area contributed by atoms with E-state index in [4.69, 9.17) is 4.74 Å². The Hall–Kier alpha value is -2.49. The van der Waals surface area contributed by atoms with Crippen molar-refractivity contribution in [1.29, 1.82) is 0 Å². The molecule has 1 N–H and O–H groups in total. The smallest absolute Gasteiger partial charge is 0.343 e. The molecule has 0 aliphatic heterocycles. The zero-order chi connectivity index (χ0) is 18.2. The van der Waals surface area contributed by atoms with Gasteiger partial charge in [-0.25, -0.2) is 4.79 Å². The number of hydrogen-bond donors (Lipinski definition) is 1. The van der Waals surface area contributed by atoms with Crippen LogP contribution in [-0.4, -0.2) is 24.8 Å². The average molecular weight is 342 g/mol. The van der Waals surface area contributed by atoms with Gasteiger partial charge in [0.15, 0.2) is 6.61 Å². The van der Waals surface area contributed by atoms with Crippen LogP contribution in [0.1, 0.15) is 49.7 Å². The lowest BCUT2D eigenvalue weighted by Gasteiger charge is -2.21. The normalized spacial score (nSPS) is 13.1. The van der Waals surface area contributed by atoms with Crippen LogP contribution in [0.5, 0.6) is 11.5 Å². The molecule has 2 aromatic rings. The third kappa shape index (κ3) is 5.52. The van der Waals surface area contributed by atoms with E-state index in [0.717, 1.165) is 18.4 Å². The number of carbonyl (C=O) groups excluding carboxylic acids is 1. The summed E-state index contributed by atoms with van der Waals surface area (Å²) in [7, 11) is 1.34. The van der Waals surface area contributed by atoms with Crippen LogP contribution >= 0.6 is 0 Å². The van der Waals surface area contributed by atoms with E-state index in [9.17, 15) is 9.90 Å². The maximum Gasteiger partial charge on any atom is 0.343 e. The number of esters is 1. The van der Waals surface area contributed by atoms with Crippen molar-refractivity contribution in [2.75, 3.05) is 13.7 Å². The van der Waals surface area contributed by atoms with Crippen LogP contribution in [-0.2, 0) is 9.53 Å². The Morgan fingerprint density at radius 1 is 1.12 bits per heavy atom. The number of aromatic hydroxyl groups is 1. The highest BCUT2D eigenvalue weighted by Gasteiger charge is 2.16. The summed E-state index contributed by atoms with van der Waals surface area (Å²) in [4.78, 5) is 11.2. The fourth-order valence-corrected chi connectivity index (χ4v) is 2.99. The van der Waals surface area contributed by atoms with E-state index in [0.29, 0.717) is 23.3 Å². The summed E-state index contributed by atoms with van der Waals surface area (Å²) in [5, 5.41) is 9.71. The molecule has 0 radical (unpaired) electrons. The van der Waals surface area contributed by atoms with Gasteiger partial charge in [-0.2, -0.15) is 0 Å².